The first-order valence-corrected chi connectivity index (χ1v) is 10.5. The summed E-state index contributed by atoms with van der Waals surface area (Å²) in [6.07, 6.45) is -0.434. The Kier molecular flexibility index (Phi) is 5.71. The molecule has 3 atom stereocenters. The number of ether oxygens (including phenoxy) is 1. The van der Waals surface area contributed by atoms with Gasteiger partial charge in [-0.25, -0.2) is 0 Å². The lowest BCUT2D eigenvalue weighted by molar-refractivity contribution is 0.187. The van der Waals surface area contributed by atoms with Gasteiger partial charge in [0.05, 0.1) is 18.8 Å². The van der Waals surface area contributed by atoms with Crippen LogP contribution in [0.5, 0.6) is 5.75 Å². The number of hydrogen-bond donors (Lipinski definition) is 1. The van der Waals surface area contributed by atoms with E-state index < -0.39 is 13.4 Å². The molecule has 3 rings (SSSR count). The van der Waals surface area contributed by atoms with Gasteiger partial charge >= 0.3 is 7.60 Å². The summed E-state index contributed by atoms with van der Waals surface area (Å²) in [5, 5.41) is 3.34. The van der Waals surface area contributed by atoms with Gasteiger partial charge in [0.25, 0.3) is 0 Å². The van der Waals surface area contributed by atoms with E-state index in [9.17, 15) is 4.57 Å². The van der Waals surface area contributed by atoms with Crippen molar-refractivity contribution in [3.8, 4) is 5.75 Å². The predicted octanol–water partition coefficient (Wildman–Crippen LogP) is 5.52. The van der Waals surface area contributed by atoms with Crippen molar-refractivity contribution in [1.29, 1.82) is 0 Å². The molecule has 0 unspecified atom stereocenters. The summed E-state index contributed by atoms with van der Waals surface area (Å²) in [4.78, 5) is 0. The summed E-state index contributed by atoms with van der Waals surface area (Å²) >= 11 is 0. The molecule has 1 fully saturated rings. The fraction of sp³-hybridized carbons (Fsp3) is 0.400. The number of hydrogen-bond acceptors (Lipinski definition) is 5. The van der Waals surface area contributed by atoms with Gasteiger partial charge in [0.1, 0.15) is 5.75 Å². The average Bonchev–Trinajstić information content (AvgIpc) is 2.88. The highest BCUT2D eigenvalue weighted by molar-refractivity contribution is 7.54. The van der Waals surface area contributed by atoms with Crippen LogP contribution in [0.3, 0.4) is 0 Å². The third-order valence-corrected chi connectivity index (χ3v) is 6.78. The Bertz CT molecular complexity index is 761. The van der Waals surface area contributed by atoms with Gasteiger partial charge < -0.3 is 19.1 Å². The van der Waals surface area contributed by atoms with E-state index in [0.717, 1.165) is 22.6 Å². The van der Waals surface area contributed by atoms with Crippen LogP contribution in [-0.2, 0) is 13.6 Å². The van der Waals surface area contributed by atoms with Crippen molar-refractivity contribution < 1.29 is 18.3 Å². The van der Waals surface area contributed by atoms with Gasteiger partial charge in [-0.15, -0.1) is 0 Å². The van der Waals surface area contributed by atoms with Crippen LogP contribution in [0, 0.1) is 6.92 Å². The Balaban J connectivity index is 1.93. The standard InChI is InChI=1S/C20H26NO4P/c1-5-23-19-12-8-17(9-13-19)20(21-18-10-6-14(2)7-11-18)26(22)24-15(3)16(4)25-26/h6-13,15-16,20-21H,5H2,1-4H3/t15-,16-,20+/m0/s1. The Morgan fingerprint density at radius 1 is 1.04 bits per heavy atom. The topological polar surface area (TPSA) is 56.8 Å². The maximum absolute atomic E-state index is 13.5. The molecule has 1 aliphatic heterocycles. The zero-order valence-corrected chi connectivity index (χ0v) is 16.5. The van der Waals surface area contributed by atoms with E-state index in [1.54, 1.807) is 0 Å². The van der Waals surface area contributed by atoms with Gasteiger partial charge in [-0.05, 0) is 57.5 Å². The highest BCUT2D eigenvalue weighted by Crippen LogP contribution is 2.66. The van der Waals surface area contributed by atoms with Crippen molar-refractivity contribution in [3.63, 3.8) is 0 Å². The quantitative estimate of drug-likeness (QED) is 0.674. The molecule has 5 nitrogen and oxygen atoms in total. The Hall–Kier alpha value is -1.81. The van der Waals surface area contributed by atoms with Crippen LogP contribution in [0.15, 0.2) is 48.5 Å². The van der Waals surface area contributed by atoms with E-state index in [4.69, 9.17) is 13.8 Å². The summed E-state index contributed by atoms with van der Waals surface area (Å²) in [5.41, 5.74) is 2.86. The van der Waals surface area contributed by atoms with Crippen LogP contribution in [0.4, 0.5) is 5.69 Å². The van der Waals surface area contributed by atoms with Crippen molar-refractivity contribution in [2.75, 3.05) is 11.9 Å². The van der Waals surface area contributed by atoms with E-state index >= 15 is 0 Å². The first-order valence-electron chi connectivity index (χ1n) is 8.94. The second kappa shape index (κ2) is 7.83. The molecule has 6 heteroatoms. The van der Waals surface area contributed by atoms with Crippen LogP contribution >= 0.6 is 7.60 Å². The normalized spacial score (nSPS) is 22.8. The van der Waals surface area contributed by atoms with Crippen molar-refractivity contribution in [3.05, 3.63) is 59.7 Å². The molecule has 0 bridgehead atoms. The third kappa shape index (κ3) is 4.12. The van der Waals surface area contributed by atoms with Gasteiger partial charge in [-0.1, -0.05) is 29.8 Å². The lowest BCUT2D eigenvalue weighted by Crippen LogP contribution is -2.13. The van der Waals surface area contributed by atoms with Crippen LogP contribution in [0.2, 0.25) is 0 Å². The van der Waals surface area contributed by atoms with Gasteiger partial charge in [0.15, 0.2) is 5.78 Å². The molecule has 1 heterocycles. The van der Waals surface area contributed by atoms with E-state index in [2.05, 4.69) is 5.32 Å². The second-order valence-electron chi connectivity index (χ2n) is 6.58. The van der Waals surface area contributed by atoms with E-state index in [0.29, 0.717) is 6.61 Å². The molecule has 0 aromatic heterocycles. The fourth-order valence-corrected chi connectivity index (χ4v) is 5.25. The SMILES string of the molecule is CCOc1ccc([C@H](Nc2ccc(C)cc2)P2(=O)O[C@@H](C)[C@H](C)O2)cc1. The Morgan fingerprint density at radius 3 is 2.15 bits per heavy atom. The zero-order chi connectivity index (χ0) is 18.7. The molecule has 0 saturated carbocycles. The largest absolute Gasteiger partial charge is 0.494 e. The Labute approximate surface area is 155 Å². The highest BCUT2D eigenvalue weighted by Gasteiger charge is 2.47. The van der Waals surface area contributed by atoms with Crippen LogP contribution in [0.25, 0.3) is 0 Å². The fourth-order valence-electron chi connectivity index (χ4n) is 2.85. The minimum absolute atomic E-state index is 0.217. The average molecular weight is 375 g/mol. The van der Waals surface area contributed by atoms with Crippen molar-refractivity contribution in [2.24, 2.45) is 0 Å². The summed E-state index contributed by atoms with van der Waals surface area (Å²) in [6.45, 7) is 8.33. The molecule has 0 aliphatic carbocycles. The lowest BCUT2D eigenvalue weighted by atomic mass is 10.2. The number of anilines is 1. The second-order valence-corrected chi connectivity index (χ2v) is 8.59. The number of nitrogens with one attached hydrogen (secondary N) is 1. The maximum Gasteiger partial charge on any atom is 0.357 e. The molecule has 2 aromatic rings. The molecule has 1 saturated heterocycles. The van der Waals surface area contributed by atoms with Gasteiger partial charge in [0, 0.05) is 5.69 Å². The molecule has 140 valence electrons. The maximum atomic E-state index is 13.5. The predicted molar refractivity (Wildman–Crippen MR) is 104 cm³/mol. The smallest absolute Gasteiger partial charge is 0.357 e. The molecule has 2 aromatic carbocycles. The zero-order valence-electron chi connectivity index (χ0n) is 15.6. The molecule has 0 radical (unpaired) electrons. The summed E-state index contributed by atoms with van der Waals surface area (Å²) in [5.74, 6) is 0.187. The minimum atomic E-state index is -3.37. The first-order chi connectivity index (χ1) is 12.4. The first kappa shape index (κ1) is 19.0. The van der Waals surface area contributed by atoms with Gasteiger partial charge in [0.2, 0.25) is 0 Å². The number of rotatable bonds is 6. The minimum Gasteiger partial charge on any atom is -0.494 e. The Morgan fingerprint density at radius 2 is 1.62 bits per heavy atom. The molecule has 0 amide bonds. The third-order valence-electron chi connectivity index (χ3n) is 4.47. The molecule has 1 N–H and O–H groups in total. The van der Waals surface area contributed by atoms with Crippen molar-refractivity contribution in [1.82, 2.24) is 0 Å². The molecular formula is C20H26NO4P. The summed E-state index contributed by atoms with van der Waals surface area (Å²) in [7, 11) is -3.37. The molecule has 26 heavy (non-hydrogen) atoms. The molecule has 1 aliphatic rings. The number of benzene rings is 2. The van der Waals surface area contributed by atoms with Crippen molar-refractivity contribution >= 4 is 13.3 Å². The number of aryl methyl sites for hydroxylation is 1. The lowest BCUT2D eigenvalue weighted by Gasteiger charge is -2.25. The monoisotopic (exact) mass is 375 g/mol. The summed E-state index contributed by atoms with van der Waals surface area (Å²) < 4.78 is 30.6. The van der Waals surface area contributed by atoms with E-state index in [1.807, 2.05) is 76.2 Å². The van der Waals surface area contributed by atoms with Crippen molar-refractivity contribution in [2.45, 2.75) is 45.7 Å². The van der Waals surface area contributed by atoms with Gasteiger partial charge in [-0.3, -0.25) is 4.57 Å². The van der Waals surface area contributed by atoms with Crippen LogP contribution in [0.1, 0.15) is 37.7 Å². The van der Waals surface area contributed by atoms with E-state index in [1.165, 1.54) is 0 Å². The van der Waals surface area contributed by atoms with Crippen LogP contribution < -0.4 is 10.1 Å². The molecule has 0 spiro atoms. The van der Waals surface area contributed by atoms with Crippen LogP contribution in [-0.4, -0.2) is 18.8 Å². The summed E-state index contributed by atoms with van der Waals surface area (Å²) in [6, 6.07) is 15.5. The molecular weight excluding hydrogens is 349 g/mol. The van der Waals surface area contributed by atoms with E-state index in [-0.39, 0.29) is 12.2 Å². The van der Waals surface area contributed by atoms with Gasteiger partial charge in [-0.2, -0.15) is 0 Å². The highest BCUT2D eigenvalue weighted by atomic mass is 31.2.